The van der Waals surface area contributed by atoms with Crippen molar-refractivity contribution in [2.75, 3.05) is 39.8 Å². The Labute approximate surface area is 185 Å². The Kier molecular flexibility index (Phi) is 7.31. The summed E-state index contributed by atoms with van der Waals surface area (Å²) in [5.74, 6) is -0.125. The van der Waals surface area contributed by atoms with Crippen molar-refractivity contribution in [3.8, 4) is 11.8 Å². The Balaban J connectivity index is 1.65. The molecule has 0 amide bonds. The molecule has 2 aromatic rings. The number of nitriles is 1. The van der Waals surface area contributed by atoms with Gasteiger partial charge in [-0.15, -0.1) is 0 Å². The lowest BCUT2D eigenvalue weighted by Gasteiger charge is -2.50. The second-order valence-corrected chi connectivity index (χ2v) is 9.32. The number of benzene rings is 2. The Morgan fingerprint density at radius 3 is 2.66 bits per heavy atom. The van der Waals surface area contributed by atoms with Gasteiger partial charge < -0.3 is 9.64 Å². The van der Waals surface area contributed by atoms with E-state index in [4.69, 9.17) is 33.2 Å². The van der Waals surface area contributed by atoms with Crippen molar-refractivity contribution in [3.63, 3.8) is 0 Å². The van der Waals surface area contributed by atoms with E-state index in [9.17, 15) is 4.39 Å². The largest absolute Gasteiger partial charge is 0.493 e. The van der Waals surface area contributed by atoms with E-state index in [1.54, 1.807) is 24.1 Å². The number of hydrogen-bond acceptors (Lipinski definition) is 5. The van der Waals surface area contributed by atoms with Gasteiger partial charge in [0.1, 0.15) is 17.6 Å². The maximum atomic E-state index is 13.9. The first kappa shape index (κ1) is 22.2. The highest BCUT2D eigenvalue weighted by Crippen LogP contribution is 2.41. The summed E-state index contributed by atoms with van der Waals surface area (Å²) < 4.78 is 22.0. The van der Waals surface area contributed by atoms with Gasteiger partial charge >= 0.3 is 0 Å². The molecule has 0 radical (unpaired) electrons. The standard InChI is InChI=1S/C21H22Cl2FN3OS/c1-3-26(2)11-21(14-28-17-6-4-15(10-25)19(24)9-17)12-27(13-21)29-20-7-5-16(22)8-18(20)23/h4-9H,3,11-14H2,1-2H3. The van der Waals surface area contributed by atoms with Crippen LogP contribution in [-0.2, 0) is 0 Å². The third-order valence-electron chi connectivity index (χ3n) is 4.90. The summed E-state index contributed by atoms with van der Waals surface area (Å²) in [7, 11) is 2.08. The number of halogens is 3. The second kappa shape index (κ2) is 9.55. The molecule has 0 atom stereocenters. The van der Waals surface area contributed by atoms with Crippen LogP contribution in [0.1, 0.15) is 12.5 Å². The summed E-state index contributed by atoms with van der Waals surface area (Å²) >= 11 is 13.9. The van der Waals surface area contributed by atoms with Crippen LogP contribution in [0.5, 0.6) is 5.75 Å². The Bertz CT molecular complexity index is 915. The summed E-state index contributed by atoms with van der Waals surface area (Å²) in [4.78, 5) is 3.21. The van der Waals surface area contributed by atoms with Crippen molar-refractivity contribution in [1.82, 2.24) is 9.21 Å². The SMILES string of the molecule is CCN(C)CC1(COc2ccc(C#N)c(F)c2)CN(Sc2ccc(Cl)cc2Cl)C1. The molecule has 154 valence electrons. The smallest absolute Gasteiger partial charge is 0.144 e. The fourth-order valence-electron chi connectivity index (χ4n) is 3.29. The summed E-state index contributed by atoms with van der Waals surface area (Å²) in [6, 6.07) is 11.7. The minimum absolute atomic E-state index is 0.0174. The molecule has 0 N–H and O–H groups in total. The Morgan fingerprint density at radius 1 is 1.28 bits per heavy atom. The van der Waals surface area contributed by atoms with Gasteiger partial charge in [0.15, 0.2) is 0 Å². The van der Waals surface area contributed by atoms with Crippen LogP contribution < -0.4 is 4.74 Å². The fourth-order valence-corrected chi connectivity index (χ4v) is 5.03. The summed E-state index contributed by atoms with van der Waals surface area (Å²) in [5, 5.41) is 10.1. The first-order valence-corrected chi connectivity index (χ1v) is 10.8. The van der Waals surface area contributed by atoms with E-state index in [-0.39, 0.29) is 11.0 Å². The number of hydrogen-bond donors (Lipinski definition) is 0. The molecule has 2 aromatic carbocycles. The molecule has 4 nitrogen and oxygen atoms in total. The minimum atomic E-state index is -0.562. The van der Waals surface area contributed by atoms with Crippen molar-refractivity contribution in [1.29, 1.82) is 5.26 Å². The lowest BCUT2D eigenvalue weighted by Crippen LogP contribution is -2.60. The molecule has 0 aliphatic carbocycles. The molecule has 8 heteroatoms. The van der Waals surface area contributed by atoms with Crippen LogP contribution in [0.2, 0.25) is 10.0 Å². The van der Waals surface area contributed by atoms with E-state index in [0.717, 1.165) is 31.1 Å². The highest BCUT2D eigenvalue weighted by Gasteiger charge is 2.45. The highest BCUT2D eigenvalue weighted by molar-refractivity contribution is 7.97. The molecular formula is C21H22Cl2FN3OS. The summed E-state index contributed by atoms with van der Waals surface area (Å²) in [6.45, 7) is 6.02. The topological polar surface area (TPSA) is 39.5 Å². The molecule has 0 spiro atoms. The maximum absolute atomic E-state index is 13.9. The molecule has 29 heavy (non-hydrogen) atoms. The van der Waals surface area contributed by atoms with Crippen molar-refractivity contribution in [2.45, 2.75) is 11.8 Å². The average molecular weight is 454 g/mol. The molecule has 0 bridgehead atoms. The fraction of sp³-hybridized carbons (Fsp3) is 0.381. The molecular weight excluding hydrogens is 432 g/mol. The van der Waals surface area contributed by atoms with Crippen LogP contribution in [0.3, 0.4) is 0 Å². The van der Waals surface area contributed by atoms with Crippen LogP contribution in [0.25, 0.3) is 0 Å². The van der Waals surface area contributed by atoms with E-state index >= 15 is 0 Å². The molecule has 0 aromatic heterocycles. The monoisotopic (exact) mass is 453 g/mol. The highest BCUT2D eigenvalue weighted by atomic mass is 35.5. The summed E-state index contributed by atoms with van der Waals surface area (Å²) in [5.41, 5.74) is -0.0510. The zero-order chi connectivity index (χ0) is 21.0. The Morgan fingerprint density at radius 2 is 2.03 bits per heavy atom. The first-order valence-electron chi connectivity index (χ1n) is 9.23. The van der Waals surface area contributed by atoms with Crippen LogP contribution in [0.4, 0.5) is 4.39 Å². The van der Waals surface area contributed by atoms with E-state index in [0.29, 0.717) is 22.4 Å². The molecule has 1 fully saturated rings. The zero-order valence-electron chi connectivity index (χ0n) is 16.3. The maximum Gasteiger partial charge on any atom is 0.144 e. The third kappa shape index (κ3) is 5.56. The van der Waals surface area contributed by atoms with Gasteiger partial charge in [-0.25, -0.2) is 8.70 Å². The molecule has 1 aliphatic rings. The zero-order valence-corrected chi connectivity index (χ0v) is 18.6. The van der Waals surface area contributed by atoms with Gasteiger partial charge in [0.25, 0.3) is 0 Å². The molecule has 1 heterocycles. The van der Waals surface area contributed by atoms with Crippen LogP contribution in [0.15, 0.2) is 41.3 Å². The van der Waals surface area contributed by atoms with Crippen molar-refractivity contribution < 1.29 is 9.13 Å². The predicted molar refractivity (Wildman–Crippen MR) is 116 cm³/mol. The van der Waals surface area contributed by atoms with Gasteiger partial charge in [0.05, 0.1) is 17.2 Å². The normalized spacial score (nSPS) is 15.8. The first-order chi connectivity index (χ1) is 13.8. The van der Waals surface area contributed by atoms with Crippen LogP contribution in [-0.4, -0.2) is 49.0 Å². The van der Waals surface area contributed by atoms with Gasteiger partial charge in [-0.3, -0.25) is 0 Å². The number of ether oxygens (including phenoxy) is 1. The van der Waals surface area contributed by atoms with Crippen LogP contribution >= 0.6 is 35.1 Å². The molecule has 1 aliphatic heterocycles. The predicted octanol–water partition coefficient (Wildman–Crippen LogP) is 5.34. The quantitative estimate of drug-likeness (QED) is 0.504. The molecule has 1 saturated heterocycles. The number of nitrogens with zero attached hydrogens (tertiary/aromatic N) is 3. The van der Waals surface area contributed by atoms with Crippen molar-refractivity contribution >= 4 is 35.1 Å². The van der Waals surface area contributed by atoms with E-state index < -0.39 is 5.82 Å². The average Bonchev–Trinajstić information content (AvgIpc) is 2.66. The van der Waals surface area contributed by atoms with Gasteiger partial charge in [-0.05, 0) is 55.9 Å². The second-order valence-electron chi connectivity index (χ2n) is 7.34. The van der Waals surface area contributed by atoms with Gasteiger partial charge in [0, 0.05) is 41.0 Å². The van der Waals surface area contributed by atoms with Crippen molar-refractivity contribution in [3.05, 3.63) is 57.8 Å². The van der Waals surface area contributed by atoms with Gasteiger partial charge in [0.2, 0.25) is 0 Å². The van der Waals surface area contributed by atoms with Gasteiger partial charge in [-0.1, -0.05) is 30.1 Å². The molecule has 0 saturated carbocycles. The third-order valence-corrected chi connectivity index (χ3v) is 6.63. The van der Waals surface area contributed by atoms with Crippen molar-refractivity contribution in [2.24, 2.45) is 5.41 Å². The lowest BCUT2D eigenvalue weighted by atomic mass is 9.82. The van der Waals surface area contributed by atoms with E-state index in [2.05, 4.69) is 23.2 Å². The minimum Gasteiger partial charge on any atom is -0.493 e. The summed E-state index contributed by atoms with van der Waals surface area (Å²) in [6.07, 6.45) is 0. The number of rotatable bonds is 8. The van der Waals surface area contributed by atoms with Crippen LogP contribution in [0, 0.1) is 22.6 Å². The molecule has 3 rings (SSSR count). The molecule has 0 unspecified atom stereocenters. The van der Waals surface area contributed by atoms with Gasteiger partial charge in [-0.2, -0.15) is 5.26 Å². The van der Waals surface area contributed by atoms with E-state index in [1.165, 1.54) is 12.1 Å². The van der Waals surface area contributed by atoms with E-state index in [1.807, 2.05) is 18.2 Å². The Hall–Kier alpha value is -1.49. The lowest BCUT2D eigenvalue weighted by molar-refractivity contribution is -0.00000620.